The van der Waals surface area contributed by atoms with Crippen LogP contribution in [-0.2, 0) is 16.0 Å². The largest absolute Gasteiger partial charge is 0.507 e. The van der Waals surface area contributed by atoms with Gasteiger partial charge in [0, 0.05) is 28.8 Å². The minimum Gasteiger partial charge on any atom is -0.507 e. The van der Waals surface area contributed by atoms with Crippen molar-refractivity contribution in [2.45, 2.75) is 52.6 Å². The van der Waals surface area contributed by atoms with Gasteiger partial charge in [0.2, 0.25) is 0 Å². The van der Waals surface area contributed by atoms with Gasteiger partial charge in [-0.15, -0.1) is 0 Å². The normalized spacial score (nSPS) is 16.7. The topological polar surface area (TPSA) is 104 Å². The van der Waals surface area contributed by atoms with Crippen LogP contribution in [0.2, 0.25) is 0 Å². The zero-order valence-electron chi connectivity index (χ0n) is 21.0. The zero-order valence-corrected chi connectivity index (χ0v) is 21.0. The Morgan fingerprint density at radius 1 is 0.972 bits per heavy atom. The molecule has 36 heavy (non-hydrogen) atoms. The molecule has 190 valence electrons. The summed E-state index contributed by atoms with van der Waals surface area (Å²) in [7, 11) is 0. The zero-order chi connectivity index (χ0) is 26.6. The molecule has 2 unspecified atom stereocenters. The number of nitrogens with one attached hydrogen (secondary N) is 1. The number of ketones is 2. The van der Waals surface area contributed by atoms with Gasteiger partial charge in [-0.05, 0) is 82.7 Å². The summed E-state index contributed by atoms with van der Waals surface area (Å²) >= 11 is 0. The van der Waals surface area contributed by atoms with E-state index in [0.717, 1.165) is 5.56 Å². The monoisotopic (exact) mass is 493 g/mol. The van der Waals surface area contributed by atoms with E-state index in [1.54, 1.807) is 52.0 Å². The van der Waals surface area contributed by atoms with Crippen LogP contribution in [-0.4, -0.2) is 39.8 Å². The van der Waals surface area contributed by atoms with Gasteiger partial charge in [-0.3, -0.25) is 14.4 Å². The molecule has 0 bridgehead atoms. The van der Waals surface area contributed by atoms with Crippen LogP contribution in [0.4, 0.5) is 4.39 Å². The molecule has 2 atom stereocenters. The van der Waals surface area contributed by atoms with Crippen LogP contribution < -0.4 is 5.32 Å². The minimum absolute atomic E-state index is 0.0870. The van der Waals surface area contributed by atoms with Gasteiger partial charge in [0.05, 0.1) is 11.2 Å². The van der Waals surface area contributed by atoms with Crippen LogP contribution in [0.3, 0.4) is 0 Å². The Morgan fingerprint density at radius 3 is 2.22 bits per heavy atom. The van der Waals surface area contributed by atoms with Crippen molar-refractivity contribution >= 4 is 17.5 Å². The number of para-hydroxylation sites is 1. The molecular formula is C29H32FNO5. The van der Waals surface area contributed by atoms with Crippen molar-refractivity contribution in [2.24, 2.45) is 5.92 Å². The van der Waals surface area contributed by atoms with E-state index in [1.165, 1.54) is 24.3 Å². The number of aliphatic hydroxyl groups is 1. The molecule has 2 aromatic rings. The van der Waals surface area contributed by atoms with Gasteiger partial charge in [-0.25, -0.2) is 4.39 Å². The maximum Gasteiger partial charge on any atom is 0.255 e. The summed E-state index contributed by atoms with van der Waals surface area (Å²) in [5.41, 5.74) is 1.07. The van der Waals surface area contributed by atoms with E-state index in [1.807, 2.05) is 0 Å². The van der Waals surface area contributed by atoms with Crippen molar-refractivity contribution in [2.75, 3.05) is 6.54 Å². The van der Waals surface area contributed by atoms with Crippen LogP contribution in [0.15, 0.2) is 70.8 Å². The number of carbonyl (C=O) groups excluding carboxylic acids is 3. The quantitative estimate of drug-likeness (QED) is 0.448. The van der Waals surface area contributed by atoms with Crippen LogP contribution in [0.5, 0.6) is 5.75 Å². The number of phenols is 1. The smallest absolute Gasteiger partial charge is 0.255 e. The van der Waals surface area contributed by atoms with Crippen molar-refractivity contribution in [1.82, 2.24) is 5.32 Å². The molecule has 0 spiro atoms. The first-order valence-electron chi connectivity index (χ1n) is 11.9. The fraction of sp³-hybridized carbons (Fsp3) is 0.345. The summed E-state index contributed by atoms with van der Waals surface area (Å²) in [6, 6.07) is 12.2. The third-order valence-corrected chi connectivity index (χ3v) is 6.80. The van der Waals surface area contributed by atoms with Gasteiger partial charge in [0.25, 0.3) is 5.91 Å². The second-order valence-electron chi connectivity index (χ2n) is 9.71. The van der Waals surface area contributed by atoms with E-state index in [9.17, 15) is 29.0 Å². The molecule has 0 aromatic heterocycles. The average Bonchev–Trinajstić information content (AvgIpc) is 2.84. The van der Waals surface area contributed by atoms with Crippen molar-refractivity contribution in [1.29, 1.82) is 0 Å². The van der Waals surface area contributed by atoms with Crippen molar-refractivity contribution < 1.29 is 29.0 Å². The number of aryl methyl sites for hydroxylation is 1. The molecule has 2 aromatic carbocycles. The van der Waals surface area contributed by atoms with E-state index in [4.69, 9.17) is 0 Å². The summed E-state index contributed by atoms with van der Waals surface area (Å²) in [6.07, 6.45) is 1.05. The number of carbonyl (C=O) groups is 3. The van der Waals surface area contributed by atoms with Crippen LogP contribution >= 0.6 is 0 Å². The summed E-state index contributed by atoms with van der Waals surface area (Å²) in [5.74, 6) is -1.95. The SMILES string of the molecule is CC1=C(C)C(=O)C(C(CCc2ccc(F)cc2)CC(C)(O)CNC(=O)c2ccccc2O)=C(C)C1=O. The highest BCUT2D eigenvalue weighted by atomic mass is 19.1. The van der Waals surface area contributed by atoms with Gasteiger partial charge in [0.1, 0.15) is 11.6 Å². The Labute approximate surface area is 210 Å². The Kier molecular flexibility index (Phi) is 8.25. The lowest BCUT2D eigenvalue weighted by atomic mass is 9.74. The Morgan fingerprint density at radius 2 is 1.58 bits per heavy atom. The molecule has 0 heterocycles. The number of halogens is 1. The van der Waals surface area contributed by atoms with Gasteiger partial charge >= 0.3 is 0 Å². The fourth-order valence-electron chi connectivity index (χ4n) is 4.58. The van der Waals surface area contributed by atoms with Crippen LogP contribution in [0.25, 0.3) is 0 Å². The number of hydrogen-bond donors (Lipinski definition) is 3. The predicted molar refractivity (Wildman–Crippen MR) is 135 cm³/mol. The summed E-state index contributed by atoms with van der Waals surface area (Å²) in [6.45, 7) is 6.32. The average molecular weight is 494 g/mol. The van der Waals surface area contributed by atoms with Gasteiger partial charge in [-0.2, -0.15) is 0 Å². The summed E-state index contributed by atoms with van der Waals surface area (Å²) < 4.78 is 13.3. The van der Waals surface area contributed by atoms with E-state index in [2.05, 4.69) is 5.32 Å². The highest BCUT2D eigenvalue weighted by molar-refractivity contribution is 6.24. The van der Waals surface area contributed by atoms with Crippen molar-refractivity contribution in [3.05, 3.63) is 87.8 Å². The molecule has 6 nitrogen and oxygen atoms in total. The molecule has 3 N–H and O–H groups in total. The molecule has 3 rings (SSSR count). The maximum atomic E-state index is 13.3. The number of Topliss-reactive ketones (excluding diaryl/α,β-unsaturated/α-hetero) is 2. The summed E-state index contributed by atoms with van der Waals surface area (Å²) in [5, 5.41) is 23.8. The molecule has 1 aliphatic carbocycles. The lowest BCUT2D eigenvalue weighted by Gasteiger charge is -2.32. The first-order valence-corrected chi connectivity index (χ1v) is 11.9. The molecule has 7 heteroatoms. The third-order valence-electron chi connectivity index (χ3n) is 6.80. The maximum absolute atomic E-state index is 13.3. The van der Waals surface area contributed by atoms with Gasteiger partial charge in [-0.1, -0.05) is 24.3 Å². The lowest BCUT2D eigenvalue weighted by Crippen LogP contribution is -2.43. The number of phenolic OH excluding ortho intramolecular Hbond substituents is 1. The first-order chi connectivity index (χ1) is 16.9. The molecular weight excluding hydrogens is 461 g/mol. The Bertz CT molecular complexity index is 1240. The number of hydrogen-bond acceptors (Lipinski definition) is 5. The fourth-order valence-corrected chi connectivity index (χ4v) is 4.58. The lowest BCUT2D eigenvalue weighted by molar-refractivity contribution is -0.117. The molecule has 1 aliphatic rings. The second-order valence-corrected chi connectivity index (χ2v) is 9.71. The van der Waals surface area contributed by atoms with Crippen LogP contribution in [0.1, 0.15) is 56.5 Å². The van der Waals surface area contributed by atoms with E-state index in [0.29, 0.717) is 35.1 Å². The van der Waals surface area contributed by atoms with E-state index < -0.39 is 17.4 Å². The molecule has 1 amide bonds. The van der Waals surface area contributed by atoms with E-state index >= 15 is 0 Å². The number of aromatic hydroxyl groups is 1. The number of allylic oxidation sites excluding steroid dienone is 4. The molecule has 0 fully saturated rings. The number of benzene rings is 2. The van der Waals surface area contributed by atoms with Crippen molar-refractivity contribution in [3.63, 3.8) is 0 Å². The van der Waals surface area contributed by atoms with Gasteiger partial charge in [0.15, 0.2) is 11.6 Å². The molecule has 0 saturated carbocycles. The molecule has 0 saturated heterocycles. The number of rotatable bonds is 9. The van der Waals surface area contributed by atoms with E-state index in [-0.39, 0.29) is 41.7 Å². The first kappa shape index (κ1) is 27.0. The second kappa shape index (κ2) is 11.0. The number of amides is 1. The minimum atomic E-state index is -1.42. The standard InChI is InChI=1S/C29H32FNO5/c1-17-18(2)27(34)25(19(3)26(17)33)21(12-9-20-10-13-22(30)14-11-20)15-29(4,36)16-31-28(35)23-7-5-6-8-24(23)32/h5-8,10-11,13-14,21,32,36H,9,12,15-16H2,1-4H3,(H,31,35). The predicted octanol–water partition coefficient (Wildman–Crippen LogP) is 4.46. The van der Waals surface area contributed by atoms with Crippen LogP contribution in [0, 0.1) is 11.7 Å². The molecule has 0 aliphatic heterocycles. The summed E-state index contributed by atoms with van der Waals surface area (Å²) in [4.78, 5) is 38.6. The Balaban J connectivity index is 1.84. The highest BCUT2D eigenvalue weighted by Gasteiger charge is 2.36. The Hall–Kier alpha value is -3.58. The third kappa shape index (κ3) is 6.15. The van der Waals surface area contributed by atoms with Gasteiger partial charge < -0.3 is 15.5 Å². The molecule has 0 radical (unpaired) electrons. The highest BCUT2D eigenvalue weighted by Crippen LogP contribution is 2.35. The van der Waals surface area contributed by atoms with Crippen molar-refractivity contribution in [3.8, 4) is 5.75 Å².